The Labute approximate surface area is 257 Å². The van der Waals surface area contributed by atoms with Gasteiger partial charge in [-0.1, -0.05) is 46.2 Å². The Morgan fingerprint density at radius 2 is 1.67 bits per heavy atom. The van der Waals surface area contributed by atoms with Gasteiger partial charge in [-0.25, -0.2) is 9.78 Å². The summed E-state index contributed by atoms with van der Waals surface area (Å²) in [5.74, 6) is 1.29. The first-order valence-electron chi connectivity index (χ1n) is 16.0. The number of anilines is 2. The van der Waals surface area contributed by atoms with Crippen LogP contribution < -0.4 is 5.32 Å². The fourth-order valence-electron chi connectivity index (χ4n) is 6.08. The monoisotopic (exact) mass is 589 g/mol. The molecule has 1 saturated heterocycles. The Morgan fingerprint density at radius 3 is 2.33 bits per heavy atom. The average Bonchev–Trinajstić information content (AvgIpc) is 3.32. The first-order valence-corrected chi connectivity index (χ1v) is 16.0. The largest absolute Gasteiger partial charge is 0.465 e. The number of benzene rings is 2. The SMILES string of the molecule is COC(=O)c1cccc(Nc2nc3ccc(C(C)(C)C(=O)N(CC(C)C)CC(C)C)cc3n2CCCN2CCCCC2)c1. The maximum Gasteiger partial charge on any atom is 0.337 e. The topological polar surface area (TPSA) is 79.7 Å². The van der Waals surface area contributed by atoms with Crippen LogP contribution in [0.4, 0.5) is 11.6 Å². The van der Waals surface area contributed by atoms with Crippen LogP contribution in [0.5, 0.6) is 0 Å². The number of amides is 1. The fraction of sp³-hybridized carbons (Fsp3) is 0.571. The lowest BCUT2D eigenvalue weighted by molar-refractivity contribution is -0.137. The highest BCUT2D eigenvalue weighted by Crippen LogP contribution is 2.32. The third-order valence-corrected chi connectivity index (χ3v) is 8.31. The minimum absolute atomic E-state index is 0.156. The Balaban J connectivity index is 1.68. The van der Waals surface area contributed by atoms with E-state index >= 15 is 0 Å². The molecule has 0 saturated carbocycles. The predicted octanol–water partition coefficient (Wildman–Crippen LogP) is 6.86. The summed E-state index contributed by atoms with van der Waals surface area (Å²) in [4.78, 5) is 35.7. The lowest BCUT2D eigenvalue weighted by Gasteiger charge is -2.34. The van der Waals surface area contributed by atoms with Gasteiger partial charge in [0.15, 0.2) is 0 Å². The number of rotatable bonds is 13. The maximum absolute atomic E-state index is 14.0. The van der Waals surface area contributed by atoms with Crippen LogP contribution in [0.1, 0.15) is 83.1 Å². The number of imidazole rings is 1. The number of piperidine rings is 1. The van der Waals surface area contributed by atoms with Crippen molar-refractivity contribution in [2.45, 2.75) is 79.2 Å². The molecule has 1 aromatic heterocycles. The summed E-state index contributed by atoms with van der Waals surface area (Å²) in [6, 6.07) is 13.5. The van der Waals surface area contributed by atoms with Gasteiger partial charge < -0.3 is 24.4 Å². The molecular formula is C35H51N5O3. The summed E-state index contributed by atoms with van der Waals surface area (Å²) in [7, 11) is 1.39. The molecule has 234 valence electrons. The molecule has 4 rings (SSSR count). The summed E-state index contributed by atoms with van der Waals surface area (Å²) in [5.41, 5.74) is 3.42. The zero-order chi connectivity index (χ0) is 31.1. The second kappa shape index (κ2) is 14.4. The number of nitrogens with one attached hydrogen (secondary N) is 1. The van der Waals surface area contributed by atoms with E-state index in [1.807, 2.05) is 36.9 Å². The smallest absolute Gasteiger partial charge is 0.337 e. The van der Waals surface area contributed by atoms with E-state index < -0.39 is 5.41 Å². The molecule has 1 N–H and O–H groups in total. The Hall–Kier alpha value is -3.39. The van der Waals surface area contributed by atoms with E-state index in [1.54, 1.807) is 12.1 Å². The minimum atomic E-state index is -0.691. The zero-order valence-electron chi connectivity index (χ0n) is 27.3. The van der Waals surface area contributed by atoms with Crippen LogP contribution in [0.2, 0.25) is 0 Å². The van der Waals surface area contributed by atoms with Gasteiger partial charge in [-0.2, -0.15) is 0 Å². The van der Waals surface area contributed by atoms with Gasteiger partial charge in [0.2, 0.25) is 11.9 Å². The van der Waals surface area contributed by atoms with E-state index in [9.17, 15) is 9.59 Å². The molecule has 0 aliphatic carbocycles. The van der Waals surface area contributed by atoms with Crippen molar-refractivity contribution in [1.82, 2.24) is 19.4 Å². The summed E-state index contributed by atoms with van der Waals surface area (Å²) in [5, 5.41) is 3.47. The van der Waals surface area contributed by atoms with E-state index in [-0.39, 0.29) is 11.9 Å². The highest BCUT2D eigenvalue weighted by atomic mass is 16.5. The Kier molecular flexibility index (Phi) is 10.9. The third-order valence-electron chi connectivity index (χ3n) is 8.31. The summed E-state index contributed by atoms with van der Waals surface area (Å²) in [6.45, 7) is 18.4. The number of hydrogen-bond donors (Lipinski definition) is 1. The van der Waals surface area contributed by atoms with E-state index in [1.165, 1.54) is 39.5 Å². The van der Waals surface area contributed by atoms with Crippen LogP contribution >= 0.6 is 0 Å². The van der Waals surface area contributed by atoms with Crippen LogP contribution in [0.15, 0.2) is 42.5 Å². The number of methoxy groups -OCH3 is 1. The Bertz CT molecular complexity index is 1380. The number of ether oxygens (including phenoxy) is 1. The molecule has 43 heavy (non-hydrogen) atoms. The molecular weight excluding hydrogens is 538 g/mol. The molecule has 0 spiro atoms. The molecule has 2 heterocycles. The van der Waals surface area contributed by atoms with Gasteiger partial charge >= 0.3 is 5.97 Å². The molecule has 0 unspecified atom stereocenters. The van der Waals surface area contributed by atoms with Gasteiger partial charge in [0, 0.05) is 25.3 Å². The molecule has 1 aliphatic heterocycles. The molecule has 0 bridgehead atoms. The summed E-state index contributed by atoms with van der Waals surface area (Å²) < 4.78 is 7.15. The quantitative estimate of drug-likeness (QED) is 0.220. The molecule has 8 heteroatoms. The van der Waals surface area contributed by atoms with Crippen molar-refractivity contribution in [2.75, 3.05) is 45.2 Å². The number of fused-ring (bicyclic) bond motifs is 1. The molecule has 0 atom stereocenters. The molecule has 1 fully saturated rings. The number of hydrogen-bond acceptors (Lipinski definition) is 6. The molecule has 1 amide bonds. The van der Waals surface area contributed by atoms with E-state index in [0.717, 1.165) is 60.8 Å². The van der Waals surface area contributed by atoms with Crippen molar-refractivity contribution in [2.24, 2.45) is 11.8 Å². The van der Waals surface area contributed by atoms with Crippen LogP contribution in [-0.4, -0.2) is 71.1 Å². The van der Waals surface area contributed by atoms with E-state index in [2.05, 4.69) is 54.6 Å². The number of carbonyl (C=O) groups is 2. The van der Waals surface area contributed by atoms with Crippen LogP contribution in [-0.2, 0) is 21.5 Å². The predicted molar refractivity (Wildman–Crippen MR) is 175 cm³/mol. The summed E-state index contributed by atoms with van der Waals surface area (Å²) in [6.07, 6.45) is 4.86. The highest BCUT2D eigenvalue weighted by Gasteiger charge is 2.35. The van der Waals surface area contributed by atoms with E-state index in [0.29, 0.717) is 17.4 Å². The molecule has 3 aromatic rings. The first-order chi connectivity index (χ1) is 20.5. The van der Waals surface area contributed by atoms with E-state index in [4.69, 9.17) is 9.72 Å². The van der Waals surface area contributed by atoms with Gasteiger partial charge in [0.1, 0.15) is 0 Å². The standard InChI is InChI=1S/C35H51N5O3/c1-25(2)23-39(24-26(3)4)33(42)35(5,6)28-15-16-30-31(22-28)40(20-12-19-38-17-9-8-10-18-38)34(37-30)36-29-14-11-13-27(21-29)32(41)43-7/h11,13-16,21-22,25-26H,8-10,12,17-20,23-24H2,1-7H3,(H,36,37). The number of aromatic nitrogens is 2. The summed E-state index contributed by atoms with van der Waals surface area (Å²) >= 11 is 0. The third kappa shape index (κ3) is 8.17. The van der Waals surface area contributed by atoms with Gasteiger partial charge in [-0.15, -0.1) is 0 Å². The van der Waals surface area contributed by atoms with Gasteiger partial charge in [-0.3, -0.25) is 4.79 Å². The number of aryl methyl sites for hydroxylation is 1. The second-order valence-electron chi connectivity index (χ2n) is 13.4. The lowest BCUT2D eigenvalue weighted by Crippen LogP contribution is -2.46. The highest BCUT2D eigenvalue weighted by molar-refractivity contribution is 5.91. The van der Waals surface area contributed by atoms with Gasteiger partial charge in [-0.05, 0) is 100 Å². The van der Waals surface area contributed by atoms with Gasteiger partial charge in [0.05, 0.1) is 29.1 Å². The lowest BCUT2D eigenvalue weighted by atomic mass is 9.82. The van der Waals surface area contributed by atoms with Crippen LogP contribution in [0, 0.1) is 11.8 Å². The van der Waals surface area contributed by atoms with Crippen molar-refractivity contribution in [3.63, 3.8) is 0 Å². The average molecular weight is 590 g/mol. The molecule has 8 nitrogen and oxygen atoms in total. The number of esters is 1. The van der Waals surface area contributed by atoms with Crippen molar-refractivity contribution < 1.29 is 14.3 Å². The van der Waals surface area contributed by atoms with Crippen molar-refractivity contribution >= 4 is 34.5 Å². The molecule has 0 radical (unpaired) electrons. The van der Waals surface area contributed by atoms with Crippen LogP contribution in [0.3, 0.4) is 0 Å². The molecule has 2 aromatic carbocycles. The Morgan fingerprint density at radius 1 is 0.977 bits per heavy atom. The number of likely N-dealkylation sites (tertiary alicyclic amines) is 1. The maximum atomic E-state index is 14.0. The normalized spacial score (nSPS) is 14.4. The van der Waals surface area contributed by atoms with Crippen molar-refractivity contribution in [1.29, 1.82) is 0 Å². The molecule has 1 aliphatic rings. The van der Waals surface area contributed by atoms with Crippen LogP contribution in [0.25, 0.3) is 11.0 Å². The zero-order valence-corrected chi connectivity index (χ0v) is 27.3. The second-order valence-corrected chi connectivity index (χ2v) is 13.4. The van der Waals surface area contributed by atoms with Gasteiger partial charge in [0.25, 0.3) is 0 Å². The number of carbonyl (C=O) groups excluding carboxylic acids is 2. The fourth-order valence-corrected chi connectivity index (χ4v) is 6.08. The number of nitrogens with zero attached hydrogens (tertiary/aromatic N) is 4. The van der Waals surface area contributed by atoms with Crippen molar-refractivity contribution in [3.8, 4) is 0 Å². The van der Waals surface area contributed by atoms with Crippen molar-refractivity contribution in [3.05, 3.63) is 53.6 Å². The minimum Gasteiger partial charge on any atom is -0.465 e. The first kappa shape index (κ1) is 32.5.